The summed E-state index contributed by atoms with van der Waals surface area (Å²) < 4.78 is 3.43. The molecule has 1 fully saturated rings. The van der Waals surface area contributed by atoms with E-state index >= 15 is 0 Å². The summed E-state index contributed by atoms with van der Waals surface area (Å²) in [7, 11) is 0. The van der Waals surface area contributed by atoms with Crippen molar-refractivity contribution in [2.75, 3.05) is 5.73 Å². The molecular formula is C22H21N3OS. The summed E-state index contributed by atoms with van der Waals surface area (Å²) in [6.07, 6.45) is 2.51. The van der Waals surface area contributed by atoms with Crippen LogP contribution in [0.5, 0.6) is 0 Å². The molecule has 0 radical (unpaired) electrons. The molecule has 1 aliphatic rings. The van der Waals surface area contributed by atoms with Crippen LogP contribution in [0.15, 0.2) is 71.6 Å². The van der Waals surface area contributed by atoms with Crippen LogP contribution in [-0.2, 0) is 0 Å². The van der Waals surface area contributed by atoms with Gasteiger partial charge in [-0.25, -0.2) is 0 Å². The average Bonchev–Trinajstić information content (AvgIpc) is 3.52. The number of anilines is 1. The van der Waals surface area contributed by atoms with Crippen molar-refractivity contribution in [3.05, 3.63) is 72.3 Å². The molecular weight excluding hydrogens is 354 g/mol. The topological polar surface area (TPSA) is 81.1 Å². The van der Waals surface area contributed by atoms with Gasteiger partial charge in [0, 0.05) is 16.5 Å². The first-order valence-electron chi connectivity index (χ1n) is 8.93. The molecule has 136 valence electrons. The lowest BCUT2D eigenvalue weighted by molar-refractivity contribution is 0.100. The lowest BCUT2D eigenvalue weighted by Gasteiger charge is -2.14. The number of hydrogen-bond donors (Lipinski definition) is 3. The molecule has 27 heavy (non-hydrogen) atoms. The number of carbonyl (C=O) groups excluding carboxylic acids is 1. The van der Waals surface area contributed by atoms with E-state index in [1.807, 2.05) is 48.5 Å². The minimum atomic E-state index is -0.521. The van der Waals surface area contributed by atoms with E-state index in [9.17, 15) is 4.79 Å². The zero-order valence-corrected chi connectivity index (χ0v) is 15.6. The quantitative estimate of drug-likeness (QED) is 0.439. The molecule has 0 saturated heterocycles. The number of nitrogen functional groups attached to an aromatic ring is 1. The van der Waals surface area contributed by atoms with E-state index in [4.69, 9.17) is 11.5 Å². The van der Waals surface area contributed by atoms with E-state index in [0.717, 1.165) is 27.1 Å². The van der Waals surface area contributed by atoms with Crippen LogP contribution >= 0.6 is 11.9 Å². The van der Waals surface area contributed by atoms with Gasteiger partial charge in [0.2, 0.25) is 0 Å². The number of nitrogens with one attached hydrogen (secondary N) is 1. The Morgan fingerprint density at radius 2 is 1.63 bits per heavy atom. The molecule has 0 aromatic heterocycles. The fourth-order valence-electron chi connectivity index (χ4n) is 2.95. The van der Waals surface area contributed by atoms with Crippen molar-refractivity contribution >= 4 is 23.5 Å². The van der Waals surface area contributed by atoms with Crippen molar-refractivity contribution in [3.8, 4) is 22.3 Å². The van der Waals surface area contributed by atoms with Gasteiger partial charge in [0.1, 0.15) is 0 Å². The Morgan fingerprint density at radius 3 is 2.26 bits per heavy atom. The molecule has 0 aliphatic heterocycles. The van der Waals surface area contributed by atoms with Crippen LogP contribution in [0, 0.1) is 0 Å². The van der Waals surface area contributed by atoms with Crippen molar-refractivity contribution in [1.82, 2.24) is 4.72 Å². The standard InChI is InChI=1S/C22H21N3OS/c23-21-19(15-6-10-18(11-7-15)27-25-17-8-9-17)12-16(13-20(21)22(24)26)14-4-2-1-3-5-14/h1-7,10-13,17,25H,8-9,23H2,(H2,24,26). The molecule has 0 heterocycles. The smallest absolute Gasteiger partial charge is 0.250 e. The maximum atomic E-state index is 11.9. The molecule has 0 bridgehead atoms. The largest absolute Gasteiger partial charge is 0.398 e. The van der Waals surface area contributed by atoms with Crippen molar-refractivity contribution in [2.45, 2.75) is 23.8 Å². The molecule has 1 saturated carbocycles. The van der Waals surface area contributed by atoms with Crippen LogP contribution in [0.2, 0.25) is 0 Å². The van der Waals surface area contributed by atoms with Crippen LogP contribution in [0.4, 0.5) is 5.69 Å². The van der Waals surface area contributed by atoms with E-state index in [0.29, 0.717) is 17.3 Å². The Hall–Kier alpha value is -2.76. The molecule has 5 N–H and O–H groups in total. The predicted octanol–water partition coefficient (Wildman–Crippen LogP) is 4.46. The van der Waals surface area contributed by atoms with Crippen LogP contribution in [0.1, 0.15) is 23.2 Å². The lowest BCUT2D eigenvalue weighted by atomic mass is 9.94. The summed E-state index contributed by atoms with van der Waals surface area (Å²) in [5.74, 6) is -0.521. The number of amides is 1. The van der Waals surface area contributed by atoms with Gasteiger partial charge in [-0.3, -0.25) is 9.52 Å². The van der Waals surface area contributed by atoms with Gasteiger partial charge in [0.15, 0.2) is 0 Å². The number of hydrogen-bond acceptors (Lipinski definition) is 4. The maximum absolute atomic E-state index is 11.9. The molecule has 1 amide bonds. The fourth-order valence-corrected chi connectivity index (χ4v) is 3.76. The van der Waals surface area contributed by atoms with E-state index in [-0.39, 0.29) is 0 Å². The SMILES string of the molecule is NC(=O)c1cc(-c2ccccc2)cc(-c2ccc(SNC3CC3)cc2)c1N. The summed E-state index contributed by atoms with van der Waals surface area (Å²) >= 11 is 1.65. The minimum absolute atomic E-state index is 0.347. The van der Waals surface area contributed by atoms with E-state index in [1.165, 1.54) is 12.8 Å². The zero-order valence-electron chi connectivity index (χ0n) is 14.8. The Bertz CT molecular complexity index is 967. The summed E-state index contributed by atoms with van der Waals surface area (Å²) in [5, 5.41) is 0. The Balaban J connectivity index is 1.72. The van der Waals surface area contributed by atoms with Crippen molar-refractivity contribution in [1.29, 1.82) is 0 Å². The first kappa shape index (κ1) is 17.6. The van der Waals surface area contributed by atoms with Gasteiger partial charge in [-0.2, -0.15) is 0 Å². The third kappa shape index (κ3) is 3.99. The number of carbonyl (C=O) groups is 1. The van der Waals surface area contributed by atoms with Crippen LogP contribution < -0.4 is 16.2 Å². The van der Waals surface area contributed by atoms with Gasteiger partial charge >= 0.3 is 0 Å². The second-order valence-corrected chi connectivity index (χ2v) is 7.65. The molecule has 5 heteroatoms. The predicted molar refractivity (Wildman–Crippen MR) is 112 cm³/mol. The highest BCUT2D eigenvalue weighted by Gasteiger charge is 2.20. The number of nitrogens with two attached hydrogens (primary N) is 2. The third-order valence-electron chi connectivity index (χ3n) is 4.64. The lowest BCUT2D eigenvalue weighted by Crippen LogP contribution is -2.14. The number of primary amides is 1. The van der Waals surface area contributed by atoms with Crippen LogP contribution in [-0.4, -0.2) is 11.9 Å². The van der Waals surface area contributed by atoms with Crippen molar-refractivity contribution < 1.29 is 4.79 Å². The summed E-state index contributed by atoms with van der Waals surface area (Å²) in [6.45, 7) is 0. The van der Waals surface area contributed by atoms with E-state index in [1.54, 1.807) is 18.0 Å². The Labute approximate surface area is 163 Å². The molecule has 3 aromatic rings. The first-order chi connectivity index (χ1) is 13.1. The minimum Gasteiger partial charge on any atom is -0.398 e. The molecule has 3 aromatic carbocycles. The summed E-state index contributed by atoms with van der Waals surface area (Å²) in [6, 6.07) is 22.5. The van der Waals surface area contributed by atoms with Gasteiger partial charge in [-0.05, 0) is 65.7 Å². The molecule has 0 spiro atoms. The van der Waals surface area contributed by atoms with Gasteiger partial charge in [0.25, 0.3) is 5.91 Å². The highest BCUT2D eigenvalue weighted by molar-refractivity contribution is 7.97. The molecule has 1 aliphatic carbocycles. The van der Waals surface area contributed by atoms with Crippen molar-refractivity contribution in [2.24, 2.45) is 5.73 Å². The monoisotopic (exact) mass is 375 g/mol. The highest BCUT2D eigenvalue weighted by atomic mass is 32.2. The third-order valence-corrected chi connectivity index (χ3v) is 5.60. The normalized spacial score (nSPS) is 13.5. The number of rotatable bonds is 6. The second-order valence-electron chi connectivity index (χ2n) is 6.73. The molecule has 0 unspecified atom stereocenters. The molecule has 4 rings (SSSR count). The first-order valence-corrected chi connectivity index (χ1v) is 9.75. The van der Waals surface area contributed by atoms with E-state index < -0.39 is 5.91 Å². The van der Waals surface area contributed by atoms with Gasteiger partial charge < -0.3 is 11.5 Å². The van der Waals surface area contributed by atoms with Gasteiger partial charge in [0.05, 0.1) is 11.3 Å². The Kier molecular flexibility index (Phi) is 4.88. The average molecular weight is 375 g/mol. The molecule has 0 atom stereocenters. The van der Waals surface area contributed by atoms with Crippen LogP contribution in [0.3, 0.4) is 0 Å². The Morgan fingerprint density at radius 1 is 0.926 bits per heavy atom. The van der Waals surface area contributed by atoms with Crippen molar-refractivity contribution in [3.63, 3.8) is 0 Å². The second kappa shape index (κ2) is 7.47. The van der Waals surface area contributed by atoms with Gasteiger partial charge in [-0.1, -0.05) is 42.5 Å². The molecule has 4 nitrogen and oxygen atoms in total. The highest BCUT2D eigenvalue weighted by Crippen LogP contribution is 2.35. The van der Waals surface area contributed by atoms with Gasteiger partial charge in [-0.15, -0.1) is 0 Å². The number of benzene rings is 3. The van der Waals surface area contributed by atoms with Crippen LogP contribution in [0.25, 0.3) is 22.3 Å². The zero-order chi connectivity index (χ0) is 18.8. The summed E-state index contributed by atoms with van der Waals surface area (Å²) in [4.78, 5) is 13.1. The maximum Gasteiger partial charge on any atom is 0.250 e. The van der Waals surface area contributed by atoms with E-state index in [2.05, 4.69) is 16.9 Å². The fraction of sp³-hybridized carbons (Fsp3) is 0.136. The summed E-state index contributed by atoms with van der Waals surface area (Å²) in [5.41, 5.74) is 16.3.